The van der Waals surface area contributed by atoms with E-state index >= 15 is 0 Å². The van der Waals surface area contributed by atoms with Crippen molar-refractivity contribution in [2.24, 2.45) is 0 Å². The van der Waals surface area contributed by atoms with Gasteiger partial charge < -0.3 is 14.6 Å². The predicted molar refractivity (Wildman–Crippen MR) is 125 cm³/mol. The first kappa shape index (κ1) is 23.6. The second-order valence-corrected chi connectivity index (χ2v) is 8.57. The number of Topliss-reactive ketones (excluding diaryl/α,β-unsaturated/α-hetero) is 1. The Balaban J connectivity index is 1.87. The number of cyclic esters (lactones) is 1. The highest BCUT2D eigenvalue weighted by molar-refractivity contribution is 5.97. The molecular weight excluding hydrogens is 404 g/mol. The Labute approximate surface area is 190 Å². The van der Waals surface area contributed by atoms with Crippen molar-refractivity contribution < 1.29 is 24.2 Å². The van der Waals surface area contributed by atoms with Gasteiger partial charge in [0, 0.05) is 18.9 Å². The number of phenolic OH excluding ortho intramolecular Hbond substituents is 1. The van der Waals surface area contributed by atoms with Crippen LogP contribution in [-0.2, 0) is 16.1 Å². The summed E-state index contributed by atoms with van der Waals surface area (Å²) in [5.41, 5.74) is 4.03. The third kappa shape index (κ3) is 6.46. The van der Waals surface area contributed by atoms with Crippen LogP contribution in [0, 0.1) is 13.8 Å². The summed E-state index contributed by atoms with van der Waals surface area (Å²) in [6, 6.07) is 9.40. The second kappa shape index (κ2) is 11.0. The lowest BCUT2D eigenvalue weighted by molar-refractivity contribution is -0.119. The zero-order valence-corrected chi connectivity index (χ0v) is 19.1. The predicted octanol–water partition coefficient (Wildman–Crippen LogP) is 6.07. The molecule has 0 saturated heterocycles. The fraction of sp³-hybridized carbons (Fsp3) is 0.407. The number of aryl methyl sites for hydroxylation is 2. The molecule has 5 heteroatoms. The van der Waals surface area contributed by atoms with Crippen molar-refractivity contribution >= 4 is 17.8 Å². The van der Waals surface area contributed by atoms with Crippen LogP contribution in [0.1, 0.15) is 78.1 Å². The first-order valence-electron chi connectivity index (χ1n) is 11.3. The number of rotatable bonds is 3. The number of hydrogen-bond donors (Lipinski definition) is 1. The molecule has 32 heavy (non-hydrogen) atoms. The lowest BCUT2D eigenvalue weighted by atomic mass is 10.0. The second-order valence-electron chi connectivity index (χ2n) is 8.57. The molecule has 1 aliphatic heterocycles. The smallest absolute Gasteiger partial charge is 0.342 e. The van der Waals surface area contributed by atoms with Gasteiger partial charge in [-0.2, -0.15) is 0 Å². The number of fused-ring (bicyclic) bond motifs is 1. The van der Waals surface area contributed by atoms with Crippen molar-refractivity contribution in [2.45, 2.75) is 72.0 Å². The van der Waals surface area contributed by atoms with Gasteiger partial charge in [0.05, 0.1) is 6.10 Å². The minimum Gasteiger partial charge on any atom is -0.507 e. The molecule has 0 aliphatic carbocycles. The van der Waals surface area contributed by atoms with Gasteiger partial charge in [0.15, 0.2) is 0 Å². The molecule has 0 spiro atoms. The number of ether oxygens (including phenoxy) is 2. The molecule has 0 bridgehead atoms. The molecule has 0 radical (unpaired) electrons. The van der Waals surface area contributed by atoms with Gasteiger partial charge in [0.25, 0.3) is 0 Å². The Morgan fingerprint density at radius 1 is 1.09 bits per heavy atom. The Morgan fingerprint density at radius 2 is 1.88 bits per heavy atom. The molecule has 1 N–H and O–H groups in total. The van der Waals surface area contributed by atoms with Crippen LogP contribution in [0.25, 0.3) is 6.08 Å². The van der Waals surface area contributed by atoms with E-state index in [-0.39, 0.29) is 23.2 Å². The molecule has 0 fully saturated rings. The van der Waals surface area contributed by atoms with Gasteiger partial charge in [-0.25, -0.2) is 4.79 Å². The van der Waals surface area contributed by atoms with E-state index < -0.39 is 5.97 Å². The number of aromatic hydroxyl groups is 1. The standard InChI is InChI=1S/C27H32O5/c1-18-12-13-19(2)22(14-18)17-31-24-15-21-9-5-4-6-10-23(28)11-7-8-20(3)32-27(30)26(21)25(29)16-24/h5,9,12-16,20,29H,4,6-8,10-11,17H2,1-3H3. The summed E-state index contributed by atoms with van der Waals surface area (Å²) in [7, 11) is 0. The minimum atomic E-state index is -0.570. The van der Waals surface area contributed by atoms with E-state index in [1.165, 1.54) is 6.07 Å². The Morgan fingerprint density at radius 3 is 2.69 bits per heavy atom. The number of allylic oxidation sites excluding steroid dienone is 1. The van der Waals surface area contributed by atoms with Crippen LogP contribution in [0.3, 0.4) is 0 Å². The molecule has 5 nitrogen and oxygen atoms in total. The van der Waals surface area contributed by atoms with E-state index in [0.717, 1.165) is 23.1 Å². The lowest BCUT2D eigenvalue weighted by Crippen LogP contribution is -2.17. The van der Waals surface area contributed by atoms with Crippen molar-refractivity contribution in [2.75, 3.05) is 0 Å². The van der Waals surface area contributed by atoms with Crippen molar-refractivity contribution in [3.63, 3.8) is 0 Å². The zero-order valence-electron chi connectivity index (χ0n) is 19.1. The number of esters is 1. The van der Waals surface area contributed by atoms with Crippen molar-refractivity contribution in [3.8, 4) is 11.5 Å². The van der Waals surface area contributed by atoms with E-state index in [4.69, 9.17) is 9.47 Å². The highest BCUT2D eigenvalue weighted by Crippen LogP contribution is 2.31. The van der Waals surface area contributed by atoms with E-state index in [9.17, 15) is 14.7 Å². The highest BCUT2D eigenvalue weighted by Gasteiger charge is 2.21. The molecule has 2 aromatic rings. The fourth-order valence-corrected chi connectivity index (χ4v) is 3.82. The third-order valence-electron chi connectivity index (χ3n) is 5.72. The molecular formula is C27H32O5. The minimum absolute atomic E-state index is 0.139. The summed E-state index contributed by atoms with van der Waals surface area (Å²) in [4.78, 5) is 24.8. The van der Waals surface area contributed by atoms with Crippen LogP contribution in [0.2, 0.25) is 0 Å². The van der Waals surface area contributed by atoms with Gasteiger partial charge in [0.1, 0.15) is 29.5 Å². The van der Waals surface area contributed by atoms with Crippen LogP contribution in [0.15, 0.2) is 36.4 Å². The molecule has 0 amide bonds. The number of ketones is 1. The Hall–Kier alpha value is -3.08. The lowest BCUT2D eigenvalue weighted by Gasteiger charge is -2.17. The van der Waals surface area contributed by atoms with Crippen LogP contribution >= 0.6 is 0 Å². The van der Waals surface area contributed by atoms with Gasteiger partial charge in [-0.1, -0.05) is 35.9 Å². The van der Waals surface area contributed by atoms with Crippen LogP contribution in [0.5, 0.6) is 11.5 Å². The molecule has 170 valence electrons. The summed E-state index contributed by atoms with van der Waals surface area (Å²) in [6.07, 6.45) is 7.21. The summed E-state index contributed by atoms with van der Waals surface area (Å²) in [5, 5.41) is 10.7. The molecule has 1 aliphatic rings. The summed E-state index contributed by atoms with van der Waals surface area (Å²) in [5.74, 6) is -0.0141. The van der Waals surface area contributed by atoms with Gasteiger partial charge >= 0.3 is 5.97 Å². The van der Waals surface area contributed by atoms with Gasteiger partial charge in [-0.05, 0) is 69.2 Å². The largest absolute Gasteiger partial charge is 0.507 e. The zero-order chi connectivity index (χ0) is 23.1. The van der Waals surface area contributed by atoms with E-state index in [1.807, 2.05) is 26.8 Å². The molecule has 0 aromatic heterocycles. The molecule has 2 aromatic carbocycles. The number of phenols is 1. The van der Waals surface area contributed by atoms with E-state index in [2.05, 4.69) is 18.2 Å². The SMILES string of the molecule is Cc1ccc(C)c(COc2cc(O)c3c(c2)C=CCCCC(=O)CCCC(C)OC3=O)c1. The summed E-state index contributed by atoms with van der Waals surface area (Å²) in [6.45, 7) is 6.23. The molecule has 1 unspecified atom stereocenters. The maximum absolute atomic E-state index is 12.8. The molecule has 1 atom stereocenters. The number of carbonyl (C=O) groups excluding carboxylic acids is 2. The summed E-state index contributed by atoms with van der Waals surface area (Å²) < 4.78 is 11.5. The molecule has 1 heterocycles. The van der Waals surface area contributed by atoms with Gasteiger partial charge in [0.2, 0.25) is 0 Å². The number of hydrogen-bond acceptors (Lipinski definition) is 5. The Kier molecular flexibility index (Phi) is 8.09. The van der Waals surface area contributed by atoms with E-state index in [1.54, 1.807) is 12.1 Å². The van der Waals surface area contributed by atoms with Crippen molar-refractivity contribution in [3.05, 3.63) is 64.2 Å². The average Bonchev–Trinajstić information content (AvgIpc) is 2.73. The maximum atomic E-state index is 12.8. The third-order valence-corrected chi connectivity index (χ3v) is 5.72. The average molecular weight is 437 g/mol. The first-order valence-corrected chi connectivity index (χ1v) is 11.3. The monoisotopic (exact) mass is 436 g/mol. The van der Waals surface area contributed by atoms with Crippen LogP contribution in [0.4, 0.5) is 0 Å². The quantitative estimate of drug-likeness (QED) is 0.591. The van der Waals surface area contributed by atoms with E-state index in [0.29, 0.717) is 50.0 Å². The molecule has 3 rings (SSSR count). The van der Waals surface area contributed by atoms with Crippen LogP contribution in [-0.4, -0.2) is 23.0 Å². The summed E-state index contributed by atoms with van der Waals surface area (Å²) >= 11 is 0. The normalized spacial score (nSPS) is 17.9. The van der Waals surface area contributed by atoms with Crippen LogP contribution < -0.4 is 4.74 Å². The Bertz CT molecular complexity index is 1010. The van der Waals surface area contributed by atoms with Crippen molar-refractivity contribution in [1.82, 2.24) is 0 Å². The molecule has 0 saturated carbocycles. The van der Waals surface area contributed by atoms with Crippen molar-refractivity contribution in [1.29, 1.82) is 0 Å². The number of carbonyl (C=O) groups is 2. The highest BCUT2D eigenvalue weighted by atomic mass is 16.5. The van der Waals surface area contributed by atoms with Gasteiger partial charge in [-0.15, -0.1) is 0 Å². The van der Waals surface area contributed by atoms with Gasteiger partial charge in [-0.3, -0.25) is 4.79 Å². The number of benzene rings is 2. The first-order chi connectivity index (χ1) is 15.3. The fourth-order valence-electron chi connectivity index (χ4n) is 3.82. The topological polar surface area (TPSA) is 72.8 Å². The maximum Gasteiger partial charge on any atom is 0.342 e.